The van der Waals surface area contributed by atoms with Crippen LogP contribution in [0.15, 0.2) is 12.2 Å². The summed E-state index contributed by atoms with van der Waals surface area (Å²) in [6.07, 6.45) is 9.05. The molecule has 0 aliphatic carbocycles. The number of carbonyl (C=O) groups is 1. The molecule has 118 valence electrons. The van der Waals surface area contributed by atoms with E-state index in [2.05, 4.69) is 13.8 Å². The predicted molar refractivity (Wildman–Crippen MR) is 87.4 cm³/mol. The van der Waals surface area contributed by atoms with E-state index in [4.69, 9.17) is 9.16 Å². The summed E-state index contributed by atoms with van der Waals surface area (Å²) in [6, 6.07) is 3.58. The normalized spacial score (nSPS) is 12.0. The number of hydrogen-bond acceptors (Lipinski definition) is 3. The third kappa shape index (κ3) is 8.54. The van der Waals surface area contributed by atoms with Crippen molar-refractivity contribution in [3.63, 3.8) is 0 Å². The van der Waals surface area contributed by atoms with Crippen molar-refractivity contribution in [1.82, 2.24) is 0 Å². The van der Waals surface area contributed by atoms with Crippen LogP contribution in [0.4, 0.5) is 0 Å². The molecular formula is C16H32O3Si. The summed E-state index contributed by atoms with van der Waals surface area (Å²) < 4.78 is 11.2. The van der Waals surface area contributed by atoms with Crippen LogP contribution >= 0.6 is 0 Å². The highest BCUT2D eigenvalue weighted by Gasteiger charge is 2.31. The monoisotopic (exact) mass is 300 g/mol. The van der Waals surface area contributed by atoms with E-state index in [1.54, 1.807) is 6.08 Å². The smallest absolute Gasteiger partial charge is 0.330 e. The molecule has 0 radical (unpaired) electrons. The van der Waals surface area contributed by atoms with Gasteiger partial charge in [-0.15, -0.1) is 0 Å². The topological polar surface area (TPSA) is 35.5 Å². The predicted octanol–water partition coefficient (Wildman–Crippen LogP) is 4.69. The Morgan fingerprint density at radius 1 is 1.05 bits per heavy atom. The molecule has 0 aliphatic rings. The standard InChI is InChI=1S/C16H32O3Si/c1-5-8-13-20(18-4,14-9-6-2)15-10-12-19-16(17)11-7-3/h7,11H,5-6,8-10,12-15H2,1-4H3. The van der Waals surface area contributed by atoms with Crippen LogP contribution in [0.2, 0.25) is 18.1 Å². The van der Waals surface area contributed by atoms with Crippen LogP contribution in [0, 0.1) is 0 Å². The molecule has 0 bridgehead atoms. The molecule has 0 aliphatic heterocycles. The molecule has 0 heterocycles. The molecule has 0 saturated heterocycles. The second-order valence-corrected chi connectivity index (χ2v) is 9.64. The fourth-order valence-corrected chi connectivity index (χ4v) is 6.58. The molecule has 0 unspecified atom stereocenters. The number of rotatable bonds is 12. The highest BCUT2D eigenvalue weighted by molar-refractivity contribution is 6.73. The molecule has 0 aromatic carbocycles. The second kappa shape index (κ2) is 12.2. The zero-order valence-electron chi connectivity index (χ0n) is 13.7. The maximum Gasteiger partial charge on any atom is 0.330 e. The Morgan fingerprint density at radius 3 is 2.05 bits per heavy atom. The molecule has 4 heteroatoms. The van der Waals surface area contributed by atoms with E-state index in [9.17, 15) is 4.79 Å². The van der Waals surface area contributed by atoms with Crippen molar-refractivity contribution >= 4 is 14.3 Å². The maximum absolute atomic E-state index is 11.3. The Hall–Kier alpha value is -0.613. The van der Waals surface area contributed by atoms with Gasteiger partial charge in [0.05, 0.1) is 6.61 Å². The Labute approximate surface area is 125 Å². The Kier molecular flexibility index (Phi) is 11.8. The molecule has 0 spiro atoms. The van der Waals surface area contributed by atoms with E-state index in [1.807, 2.05) is 14.0 Å². The van der Waals surface area contributed by atoms with Gasteiger partial charge in [0.1, 0.15) is 0 Å². The summed E-state index contributed by atoms with van der Waals surface area (Å²) in [7, 11) is 0.267. The highest BCUT2D eigenvalue weighted by Crippen LogP contribution is 2.28. The van der Waals surface area contributed by atoms with Crippen molar-refractivity contribution in [2.24, 2.45) is 0 Å². The van der Waals surface area contributed by atoms with Crippen LogP contribution < -0.4 is 0 Å². The van der Waals surface area contributed by atoms with Crippen molar-refractivity contribution in [2.45, 2.75) is 71.0 Å². The number of unbranched alkanes of at least 4 members (excludes halogenated alkanes) is 2. The molecule has 0 saturated carbocycles. The number of hydrogen-bond donors (Lipinski definition) is 0. The molecule has 20 heavy (non-hydrogen) atoms. The largest absolute Gasteiger partial charge is 0.463 e. The van der Waals surface area contributed by atoms with Crippen molar-refractivity contribution in [1.29, 1.82) is 0 Å². The SMILES string of the molecule is CC=CC(=O)OCCC[Si](CCCC)(CCCC)OC. The number of esters is 1. The van der Waals surface area contributed by atoms with Gasteiger partial charge in [0.2, 0.25) is 0 Å². The van der Waals surface area contributed by atoms with Gasteiger partial charge in [0, 0.05) is 13.2 Å². The van der Waals surface area contributed by atoms with Gasteiger partial charge in [-0.3, -0.25) is 0 Å². The quantitative estimate of drug-likeness (QED) is 0.227. The van der Waals surface area contributed by atoms with E-state index in [0.717, 1.165) is 12.5 Å². The second-order valence-electron chi connectivity index (χ2n) is 5.37. The minimum atomic E-state index is -1.61. The van der Waals surface area contributed by atoms with Gasteiger partial charge in [0.15, 0.2) is 8.32 Å². The van der Waals surface area contributed by atoms with Crippen molar-refractivity contribution in [3.05, 3.63) is 12.2 Å². The lowest BCUT2D eigenvalue weighted by molar-refractivity contribution is -0.137. The highest BCUT2D eigenvalue weighted by atomic mass is 28.4. The lowest BCUT2D eigenvalue weighted by atomic mass is 10.4. The Bertz CT molecular complexity index is 269. The van der Waals surface area contributed by atoms with Gasteiger partial charge in [-0.05, 0) is 31.5 Å². The molecule has 0 rings (SSSR count). The zero-order chi connectivity index (χ0) is 15.3. The summed E-state index contributed by atoms with van der Waals surface area (Å²) in [5.41, 5.74) is 0. The summed E-state index contributed by atoms with van der Waals surface area (Å²) in [4.78, 5) is 11.3. The van der Waals surface area contributed by atoms with Crippen LogP contribution in [0.1, 0.15) is 52.9 Å². The first-order valence-corrected chi connectivity index (χ1v) is 10.5. The molecular weight excluding hydrogens is 268 g/mol. The van der Waals surface area contributed by atoms with Gasteiger partial charge < -0.3 is 9.16 Å². The molecule has 0 N–H and O–H groups in total. The van der Waals surface area contributed by atoms with Crippen LogP contribution in [0.25, 0.3) is 0 Å². The molecule has 0 aromatic rings. The van der Waals surface area contributed by atoms with Gasteiger partial charge in [0.25, 0.3) is 0 Å². The molecule has 3 nitrogen and oxygen atoms in total. The zero-order valence-corrected chi connectivity index (χ0v) is 14.7. The average Bonchev–Trinajstić information content (AvgIpc) is 2.46. The van der Waals surface area contributed by atoms with Crippen LogP contribution in [0.3, 0.4) is 0 Å². The van der Waals surface area contributed by atoms with Crippen LogP contribution in [-0.2, 0) is 14.0 Å². The van der Waals surface area contributed by atoms with Crippen LogP contribution in [-0.4, -0.2) is 28.0 Å². The molecule has 0 amide bonds. The molecule has 0 fully saturated rings. The maximum atomic E-state index is 11.3. The summed E-state index contributed by atoms with van der Waals surface area (Å²) >= 11 is 0. The van der Waals surface area contributed by atoms with Crippen molar-refractivity contribution < 1.29 is 14.0 Å². The summed E-state index contributed by atoms with van der Waals surface area (Å²) in [5, 5.41) is 0. The fourth-order valence-electron chi connectivity index (χ4n) is 2.43. The van der Waals surface area contributed by atoms with Crippen molar-refractivity contribution in [3.8, 4) is 0 Å². The third-order valence-electron chi connectivity index (χ3n) is 3.73. The number of allylic oxidation sites excluding steroid dienone is 1. The minimum Gasteiger partial charge on any atom is -0.463 e. The van der Waals surface area contributed by atoms with Gasteiger partial charge in [-0.25, -0.2) is 4.79 Å². The van der Waals surface area contributed by atoms with E-state index in [-0.39, 0.29) is 5.97 Å². The van der Waals surface area contributed by atoms with E-state index in [1.165, 1.54) is 43.8 Å². The first kappa shape index (κ1) is 19.4. The molecule has 0 aromatic heterocycles. The van der Waals surface area contributed by atoms with E-state index >= 15 is 0 Å². The summed E-state index contributed by atoms with van der Waals surface area (Å²) in [5.74, 6) is -0.237. The first-order valence-electron chi connectivity index (χ1n) is 7.98. The fraction of sp³-hybridized carbons (Fsp3) is 0.812. The molecule has 0 atom stereocenters. The first-order chi connectivity index (χ1) is 9.64. The lowest BCUT2D eigenvalue weighted by Gasteiger charge is -2.30. The van der Waals surface area contributed by atoms with Crippen LogP contribution in [0.5, 0.6) is 0 Å². The average molecular weight is 301 g/mol. The minimum absolute atomic E-state index is 0.237. The lowest BCUT2D eigenvalue weighted by Crippen LogP contribution is -2.37. The Balaban J connectivity index is 4.22. The van der Waals surface area contributed by atoms with Gasteiger partial charge in [-0.2, -0.15) is 0 Å². The number of carbonyl (C=O) groups excluding carboxylic acids is 1. The summed E-state index contributed by atoms with van der Waals surface area (Å²) in [6.45, 7) is 6.79. The van der Waals surface area contributed by atoms with E-state index < -0.39 is 8.32 Å². The van der Waals surface area contributed by atoms with Gasteiger partial charge >= 0.3 is 5.97 Å². The van der Waals surface area contributed by atoms with Crippen molar-refractivity contribution in [2.75, 3.05) is 13.7 Å². The third-order valence-corrected chi connectivity index (χ3v) is 8.39. The number of ether oxygens (including phenoxy) is 1. The van der Waals surface area contributed by atoms with E-state index in [0.29, 0.717) is 6.61 Å². The van der Waals surface area contributed by atoms with Gasteiger partial charge in [-0.1, -0.05) is 45.6 Å². The Morgan fingerprint density at radius 2 is 1.60 bits per heavy atom.